The first-order valence-electron chi connectivity index (χ1n) is 13.9. The monoisotopic (exact) mass is 569 g/mol. The number of hydrogen-bond donors (Lipinski definition) is 2. The largest absolute Gasteiger partial charge is 0.461 e. The number of pyridine rings is 1. The van der Waals surface area contributed by atoms with Crippen LogP contribution in [-0.4, -0.2) is 80.6 Å². The number of ether oxygens (including phenoxy) is 1. The van der Waals surface area contributed by atoms with Gasteiger partial charge in [0.05, 0.1) is 11.1 Å². The second-order valence-corrected chi connectivity index (χ2v) is 10.8. The Labute approximate surface area is 234 Å². The van der Waals surface area contributed by atoms with E-state index in [0.717, 1.165) is 50.6 Å². The van der Waals surface area contributed by atoms with Crippen LogP contribution in [0.4, 0.5) is 13.2 Å². The predicted octanol–water partition coefficient (Wildman–Crippen LogP) is 3.82. The Bertz CT molecular complexity index is 1510. The van der Waals surface area contributed by atoms with Gasteiger partial charge in [0.25, 0.3) is 6.01 Å². The number of carbonyl (C=O) groups is 2. The summed E-state index contributed by atoms with van der Waals surface area (Å²) in [5, 5.41) is 9.02. The van der Waals surface area contributed by atoms with E-state index in [4.69, 9.17) is 9.84 Å². The first-order chi connectivity index (χ1) is 19.8. The van der Waals surface area contributed by atoms with Crippen molar-refractivity contribution in [3.8, 4) is 17.3 Å². The van der Waals surface area contributed by atoms with Crippen molar-refractivity contribution < 1.29 is 32.6 Å². The van der Waals surface area contributed by atoms with Gasteiger partial charge in [0, 0.05) is 38.2 Å². The Morgan fingerprint density at radius 3 is 2.32 bits per heavy atom. The minimum atomic E-state index is -0.975. The van der Waals surface area contributed by atoms with Crippen LogP contribution in [0.25, 0.3) is 28.0 Å². The minimum absolute atomic E-state index is 0.0138. The number of amides is 2. The zero-order chi connectivity index (χ0) is 28.7. The average Bonchev–Trinajstić information content (AvgIpc) is 3.32. The van der Waals surface area contributed by atoms with Gasteiger partial charge in [0.1, 0.15) is 30.0 Å². The van der Waals surface area contributed by atoms with Crippen LogP contribution < -0.4 is 4.74 Å². The van der Waals surface area contributed by atoms with Gasteiger partial charge in [-0.2, -0.15) is 4.98 Å². The molecule has 2 aromatic heterocycles. The van der Waals surface area contributed by atoms with E-state index < -0.39 is 41.2 Å². The molecule has 3 aliphatic rings. The van der Waals surface area contributed by atoms with Crippen molar-refractivity contribution in [2.75, 3.05) is 32.8 Å². The summed E-state index contributed by atoms with van der Waals surface area (Å²) in [6, 6.07) is 3.47. The number of halogens is 3. The molecule has 0 unspecified atom stereocenters. The van der Waals surface area contributed by atoms with Gasteiger partial charge >= 0.3 is 0 Å². The fraction of sp³-hybridized carbons (Fsp3) is 0.448. The summed E-state index contributed by atoms with van der Waals surface area (Å²) in [4.78, 5) is 38.8. The third-order valence-corrected chi connectivity index (χ3v) is 8.22. The van der Waals surface area contributed by atoms with Gasteiger partial charge in [-0.05, 0) is 61.8 Å². The SMILES string of the molecule is O=C(CO)N1CC=C(c2cc(F)c(-c3nc4nc(OC5CCC(C(=O)N6CCC6)CC5)[nH]c4cc3F)c(F)c2)CC1. The maximum Gasteiger partial charge on any atom is 0.296 e. The van der Waals surface area contributed by atoms with Crippen LogP contribution in [0.1, 0.15) is 44.1 Å². The number of nitrogens with one attached hydrogen (secondary N) is 1. The molecule has 0 radical (unpaired) electrons. The van der Waals surface area contributed by atoms with Gasteiger partial charge in [0.2, 0.25) is 11.8 Å². The summed E-state index contributed by atoms with van der Waals surface area (Å²) in [5.74, 6) is -3.06. The quantitative estimate of drug-likeness (QED) is 0.467. The summed E-state index contributed by atoms with van der Waals surface area (Å²) >= 11 is 0. The van der Waals surface area contributed by atoms with Crippen LogP contribution in [0.5, 0.6) is 6.01 Å². The first-order valence-corrected chi connectivity index (χ1v) is 13.9. The van der Waals surface area contributed by atoms with Crippen LogP contribution in [0.3, 0.4) is 0 Å². The zero-order valence-electron chi connectivity index (χ0n) is 22.3. The van der Waals surface area contributed by atoms with E-state index in [2.05, 4.69) is 15.0 Å². The van der Waals surface area contributed by atoms with Gasteiger partial charge < -0.3 is 24.6 Å². The Morgan fingerprint density at radius 1 is 0.976 bits per heavy atom. The van der Waals surface area contributed by atoms with Gasteiger partial charge in [-0.3, -0.25) is 9.59 Å². The summed E-state index contributed by atoms with van der Waals surface area (Å²) in [6.07, 6.45) is 5.75. The molecule has 216 valence electrons. The summed E-state index contributed by atoms with van der Waals surface area (Å²) in [5.41, 5.74) is 0.127. The van der Waals surface area contributed by atoms with Crippen LogP contribution in [0.15, 0.2) is 24.3 Å². The second-order valence-electron chi connectivity index (χ2n) is 10.8. The highest BCUT2D eigenvalue weighted by molar-refractivity contribution is 5.81. The van der Waals surface area contributed by atoms with E-state index in [1.54, 1.807) is 6.08 Å². The lowest BCUT2D eigenvalue weighted by Gasteiger charge is -2.36. The molecule has 41 heavy (non-hydrogen) atoms. The second kappa shape index (κ2) is 11.2. The fourth-order valence-electron chi connectivity index (χ4n) is 5.75. The molecule has 1 aliphatic carbocycles. The first kappa shape index (κ1) is 27.3. The molecule has 1 saturated heterocycles. The molecule has 0 bridgehead atoms. The lowest BCUT2D eigenvalue weighted by Crippen LogP contribution is -2.46. The van der Waals surface area contributed by atoms with Crippen LogP contribution >= 0.6 is 0 Å². The molecular weight excluding hydrogens is 539 g/mol. The highest BCUT2D eigenvalue weighted by Gasteiger charge is 2.32. The molecule has 9 nitrogen and oxygen atoms in total. The summed E-state index contributed by atoms with van der Waals surface area (Å²) in [7, 11) is 0. The van der Waals surface area contributed by atoms with Crippen LogP contribution in [-0.2, 0) is 9.59 Å². The molecule has 4 heterocycles. The smallest absolute Gasteiger partial charge is 0.296 e. The Hall–Kier alpha value is -3.93. The molecular formula is C29H30F3N5O4. The van der Waals surface area contributed by atoms with Crippen molar-refractivity contribution in [3.05, 3.63) is 47.3 Å². The molecule has 3 aromatic rings. The third-order valence-electron chi connectivity index (χ3n) is 8.22. The molecule has 2 fully saturated rings. The topological polar surface area (TPSA) is 112 Å². The maximum absolute atomic E-state index is 15.2. The number of aliphatic hydroxyl groups excluding tert-OH is 1. The highest BCUT2D eigenvalue weighted by Crippen LogP contribution is 2.34. The fourth-order valence-corrected chi connectivity index (χ4v) is 5.75. The zero-order valence-corrected chi connectivity index (χ0v) is 22.3. The van der Waals surface area contributed by atoms with E-state index in [0.29, 0.717) is 31.4 Å². The van der Waals surface area contributed by atoms with Gasteiger partial charge in [-0.1, -0.05) is 6.08 Å². The Balaban J connectivity index is 1.17. The van der Waals surface area contributed by atoms with E-state index in [1.807, 2.05) is 4.90 Å². The molecule has 2 aliphatic heterocycles. The molecule has 1 saturated carbocycles. The number of fused-ring (bicyclic) bond motifs is 1. The van der Waals surface area contributed by atoms with Gasteiger partial charge in [-0.25, -0.2) is 18.2 Å². The number of aliphatic hydroxyl groups is 1. The highest BCUT2D eigenvalue weighted by atomic mass is 19.1. The van der Waals surface area contributed by atoms with Crippen molar-refractivity contribution in [2.45, 2.75) is 44.6 Å². The number of hydrogen-bond acceptors (Lipinski definition) is 6. The van der Waals surface area contributed by atoms with Crippen LogP contribution in [0, 0.1) is 23.4 Å². The van der Waals surface area contributed by atoms with E-state index in [9.17, 15) is 9.59 Å². The predicted molar refractivity (Wildman–Crippen MR) is 143 cm³/mol. The molecule has 12 heteroatoms. The third kappa shape index (κ3) is 5.40. The van der Waals surface area contributed by atoms with Gasteiger partial charge in [0.15, 0.2) is 11.5 Å². The standard InChI is InChI=1S/C29H30F3N5O4/c30-20-12-18(16-6-10-36(11-7-16)24(39)15-38)13-21(31)25(20)26-22(32)14-23-27(34-26)35-29(33-23)41-19-4-2-17(3-5-19)28(40)37-8-1-9-37/h6,12-14,17,19,38H,1-5,7-11,15H2,(H,33,34,35). The summed E-state index contributed by atoms with van der Waals surface area (Å²) < 4.78 is 51.5. The Morgan fingerprint density at radius 2 is 1.71 bits per heavy atom. The number of imidazole rings is 1. The normalized spacial score (nSPS) is 21.0. The van der Waals surface area contributed by atoms with Crippen molar-refractivity contribution in [3.63, 3.8) is 0 Å². The molecule has 1 aromatic carbocycles. The molecule has 2 amide bonds. The lowest BCUT2D eigenvalue weighted by molar-refractivity contribution is -0.140. The van der Waals surface area contributed by atoms with Crippen molar-refractivity contribution in [1.82, 2.24) is 24.8 Å². The lowest BCUT2D eigenvalue weighted by atomic mass is 9.86. The van der Waals surface area contributed by atoms with Gasteiger partial charge in [-0.15, -0.1) is 0 Å². The number of likely N-dealkylation sites (tertiary alicyclic amines) is 1. The number of benzene rings is 1. The average molecular weight is 570 g/mol. The number of nitrogens with zero attached hydrogens (tertiary/aromatic N) is 4. The number of rotatable bonds is 6. The molecule has 6 rings (SSSR count). The summed E-state index contributed by atoms with van der Waals surface area (Å²) in [6.45, 7) is 1.60. The van der Waals surface area contributed by atoms with Crippen molar-refractivity contribution in [1.29, 1.82) is 0 Å². The molecule has 0 atom stereocenters. The van der Waals surface area contributed by atoms with E-state index in [1.165, 1.54) is 4.90 Å². The maximum atomic E-state index is 15.2. The van der Waals surface area contributed by atoms with Crippen LogP contribution in [0.2, 0.25) is 0 Å². The van der Waals surface area contributed by atoms with Crippen molar-refractivity contribution >= 4 is 28.6 Å². The number of aromatic amines is 1. The Kier molecular flexibility index (Phi) is 7.41. The number of carbonyl (C=O) groups excluding carboxylic acids is 2. The number of H-pyrrole nitrogens is 1. The van der Waals surface area contributed by atoms with Crippen molar-refractivity contribution in [2.24, 2.45) is 5.92 Å². The minimum Gasteiger partial charge on any atom is -0.461 e. The molecule has 0 spiro atoms. The number of aromatic nitrogens is 3. The van der Waals surface area contributed by atoms with E-state index >= 15 is 13.2 Å². The van der Waals surface area contributed by atoms with E-state index in [-0.39, 0.29) is 47.2 Å². The molecule has 2 N–H and O–H groups in total.